The molecule has 1 unspecified atom stereocenters. The number of ether oxygens (including phenoxy) is 1. The Kier molecular flexibility index (Phi) is 8.18. The molecule has 0 saturated carbocycles. The van der Waals surface area contributed by atoms with Crippen LogP contribution in [0.15, 0.2) is 79.0 Å². The minimum Gasteiger partial charge on any atom is -0.497 e. The number of amides is 1. The van der Waals surface area contributed by atoms with Crippen molar-refractivity contribution in [1.82, 2.24) is 15.2 Å². The predicted octanol–water partition coefficient (Wildman–Crippen LogP) is 4.95. The van der Waals surface area contributed by atoms with Gasteiger partial charge in [-0.15, -0.1) is 0 Å². The van der Waals surface area contributed by atoms with Crippen LogP contribution in [0.4, 0.5) is 0 Å². The number of methoxy groups -OCH3 is 1. The van der Waals surface area contributed by atoms with Gasteiger partial charge in [-0.3, -0.25) is 9.59 Å². The number of ketones is 1. The number of aromatic nitrogens is 1. The molecular formula is C30H33N3O3. The van der Waals surface area contributed by atoms with Gasteiger partial charge in [0, 0.05) is 49.7 Å². The summed E-state index contributed by atoms with van der Waals surface area (Å²) in [5.74, 6) is 0.928. The second-order valence-corrected chi connectivity index (χ2v) is 9.09. The van der Waals surface area contributed by atoms with Crippen molar-refractivity contribution >= 4 is 22.6 Å². The van der Waals surface area contributed by atoms with Crippen LogP contribution in [0.3, 0.4) is 0 Å². The molecule has 6 nitrogen and oxygen atoms in total. The molecule has 0 bridgehead atoms. The van der Waals surface area contributed by atoms with Crippen molar-refractivity contribution in [3.05, 3.63) is 101 Å². The lowest BCUT2D eigenvalue weighted by molar-refractivity contribution is -0.128. The van der Waals surface area contributed by atoms with Crippen LogP contribution in [-0.4, -0.2) is 49.3 Å². The minimum atomic E-state index is -0.470. The van der Waals surface area contributed by atoms with Crippen LogP contribution in [0.2, 0.25) is 0 Å². The van der Waals surface area contributed by atoms with Crippen molar-refractivity contribution in [1.29, 1.82) is 0 Å². The number of rotatable bonds is 11. The molecular weight excluding hydrogens is 450 g/mol. The molecule has 4 aromatic rings. The zero-order chi connectivity index (χ0) is 25.5. The average Bonchev–Trinajstić information content (AvgIpc) is 3.35. The topological polar surface area (TPSA) is 74.4 Å². The van der Waals surface area contributed by atoms with Gasteiger partial charge in [0.05, 0.1) is 13.2 Å². The predicted molar refractivity (Wildman–Crippen MR) is 144 cm³/mol. The molecule has 36 heavy (non-hydrogen) atoms. The lowest BCUT2D eigenvalue weighted by Gasteiger charge is -2.18. The molecule has 1 aromatic heterocycles. The number of fused-ring (bicyclic) bond motifs is 1. The van der Waals surface area contributed by atoms with Crippen molar-refractivity contribution in [3.63, 3.8) is 0 Å². The Morgan fingerprint density at radius 3 is 2.39 bits per heavy atom. The quantitative estimate of drug-likeness (QED) is 0.296. The van der Waals surface area contributed by atoms with Crippen molar-refractivity contribution < 1.29 is 14.3 Å². The fourth-order valence-corrected chi connectivity index (χ4v) is 4.41. The first-order chi connectivity index (χ1) is 17.5. The van der Waals surface area contributed by atoms with Crippen LogP contribution in [-0.2, 0) is 17.6 Å². The van der Waals surface area contributed by atoms with Crippen LogP contribution in [0.1, 0.15) is 39.5 Å². The Morgan fingerprint density at radius 2 is 1.69 bits per heavy atom. The van der Waals surface area contributed by atoms with E-state index in [9.17, 15) is 9.59 Å². The van der Waals surface area contributed by atoms with E-state index in [4.69, 9.17) is 4.74 Å². The molecule has 0 aliphatic carbocycles. The van der Waals surface area contributed by atoms with Gasteiger partial charge in [-0.2, -0.15) is 0 Å². The van der Waals surface area contributed by atoms with Gasteiger partial charge >= 0.3 is 0 Å². The van der Waals surface area contributed by atoms with Gasteiger partial charge in [-0.25, -0.2) is 0 Å². The first-order valence-electron chi connectivity index (χ1n) is 12.2. The lowest BCUT2D eigenvalue weighted by Crippen LogP contribution is -2.30. The summed E-state index contributed by atoms with van der Waals surface area (Å²) in [5.41, 5.74) is 4.70. The SMILES string of the molecule is COc1ccc(CCNC(C(=O)c2c[nH]c3c(CCC(=O)N(C)C)cccc23)c2ccccc2)cc1. The maximum Gasteiger partial charge on any atom is 0.222 e. The number of para-hydroxylation sites is 1. The molecule has 186 valence electrons. The summed E-state index contributed by atoms with van der Waals surface area (Å²) in [4.78, 5) is 30.9. The van der Waals surface area contributed by atoms with E-state index in [1.807, 2.05) is 72.8 Å². The smallest absolute Gasteiger partial charge is 0.222 e. The highest BCUT2D eigenvalue weighted by atomic mass is 16.5. The number of hydrogen-bond acceptors (Lipinski definition) is 4. The molecule has 4 rings (SSSR count). The van der Waals surface area contributed by atoms with Crippen molar-refractivity contribution in [2.24, 2.45) is 0 Å². The lowest BCUT2D eigenvalue weighted by atomic mass is 9.95. The number of aryl methyl sites for hydroxylation is 1. The normalized spacial score (nSPS) is 11.9. The van der Waals surface area contributed by atoms with E-state index in [-0.39, 0.29) is 11.7 Å². The van der Waals surface area contributed by atoms with Gasteiger partial charge in [0.2, 0.25) is 5.91 Å². The van der Waals surface area contributed by atoms with Gasteiger partial charge in [-0.05, 0) is 41.7 Å². The number of carbonyl (C=O) groups excluding carboxylic acids is 2. The fraction of sp³-hybridized carbons (Fsp3) is 0.267. The molecule has 0 fully saturated rings. The van der Waals surface area contributed by atoms with Crippen LogP contribution in [0.5, 0.6) is 5.75 Å². The summed E-state index contributed by atoms with van der Waals surface area (Å²) in [6.45, 7) is 0.651. The molecule has 1 atom stereocenters. The first kappa shape index (κ1) is 25.2. The van der Waals surface area contributed by atoms with Crippen LogP contribution in [0, 0.1) is 0 Å². The third-order valence-corrected chi connectivity index (χ3v) is 6.49. The molecule has 1 heterocycles. The van der Waals surface area contributed by atoms with E-state index in [0.29, 0.717) is 24.9 Å². The Balaban J connectivity index is 1.55. The van der Waals surface area contributed by atoms with Gasteiger partial charge in [0.25, 0.3) is 0 Å². The molecule has 1 amide bonds. The fourth-order valence-electron chi connectivity index (χ4n) is 4.41. The number of benzene rings is 3. The summed E-state index contributed by atoms with van der Waals surface area (Å²) in [5, 5.41) is 4.37. The Labute approximate surface area is 212 Å². The molecule has 3 aromatic carbocycles. The number of Topliss-reactive ketones (excluding diaryl/α,β-unsaturated/α-hetero) is 1. The second-order valence-electron chi connectivity index (χ2n) is 9.09. The molecule has 0 saturated heterocycles. The van der Waals surface area contributed by atoms with Gasteiger partial charge in [0.1, 0.15) is 5.75 Å². The van der Waals surface area contributed by atoms with Gasteiger partial charge in [-0.1, -0.05) is 60.7 Å². The van der Waals surface area contributed by atoms with Gasteiger partial charge in [0.15, 0.2) is 5.78 Å². The molecule has 0 radical (unpaired) electrons. The van der Waals surface area contributed by atoms with Crippen molar-refractivity contribution in [2.45, 2.75) is 25.3 Å². The van der Waals surface area contributed by atoms with E-state index >= 15 is 0 Å². The minimum absolute atomic E-state index is 0.0173. The summed E-state index contributed by atoms with van der Waals surface area (Å²) in [6.07, 6.45) is 3.63. The second kappa shape index (κ2) is 11.7. The molecule has 0 aliphatic rings. The Morgan fingerprint density at radius 1 is 0.944 bits per heavy atom. The highest BCUT2D eigenvalue weighted by molar-refractivity contribution is 6.11. The largest absolute Gasteiger partial charge is 0.497 e. The maximum atomic E-state index is 13.9. The van der Waals surface area contributed by atoms with E-state index in [0.717, 1.165) is 34.2 Å². The highest BCUT2D eigenvalue weighted by Crippen LogP contribution is 2.27. The standard InChI is InChI=1S/C30H33N3O3/c1-33(2)27(34)17-14-23-10-7-11-25-26(20-32-28(23)25)30(35)29(22-8-5-4-6-9-22)31-19-18-21-12-15-24(36-3)16-13-21/h4-13,15-16,20,29,31-32H,14,17-19H2,1-3H3. The third-order valence-electron chi connectivity index (χ3n) is 6.49. The van der Waals surface area contributed by atoms with Gasteiger partial charge < -0.3 is 19.9 Å². The number of nitrogens with zero attached hydrogens (tertiary/aromatic N) is 1. The summed E-state index contributed by atoms with van der Waals surface area (Å²) >= 11 is 0. The number of aromatic amines is 1. The average molecular weight is 484 g/mol. The highest BCUT2D eigenvalue weighted by Gasteiger charge is 2.24. The number of nitrogens with one attached hydrogen (secondary N) is 2. The Hall–Kier alpha value is -3.90. The molecule has 0 spiro atoms. The van der Waals surface area contributed by atoms with Crippen LogP contribution in [0.25, 0.3) is 10.9 Å². The van der Waals surface area contributed by atoms with Crippen molar-refractivity contribution in [2.75, 3.05) is 27.7 Å². The summed E-state index contributed by atoms with van der Waals surface area (Å²) in [7, 11) is 5.18. The zero-order valence-electron chi connectivity index (χ0n) is 21.1. The first-order valence-corrected chi connectivity index (χ1v) is 12.2. The number of carbonyl (C=O) groups is 2. The Bertz CT molecular complexity index is 1310. The van der Waals surface area contributed by atoms with Crippen LogP contribution >= 0.6 is 0 Å². The summed E-state index contributed by atoms with van der Waals surface area (Å²) < 4.78 is 5.24. The van der Waals surface area contributed by atoms with E-state index in [1.54, 1.807) is 32.3 Å². The van der Waals surface area contributed by atoms with E-state index < -0.39 is 6.04 Å². The number of H-pyrrole nitrogens is 1. The zero-order valence-corrected chi connectivity index (χ0v) is 21.1. The molecule has 6 heteroatoms. The maximum absolute atomic E-state index is 13.9. The molecule has 0 aliphatic heterocycles. The number of hydrogen-bond donors (Lipinski definition) is 2. The molecule has 2 N–H and O–H groups in total. The summed E-state index contributed by atoms with van der Waals surface area (Å²) in [6, 6.07) is 23.3. The third kappa shape index (κ3) is 5.83. The van der Waals surface area contributed by atoms with E-state index in [2.05, 4.69) is 10.3 Å². The van der Waals surface area contributed by atoms with Crippen LogP contribution < -0.4 is 10.1 Å². The van der Waals surface area contributed by atoms with E-state index in [1.165, 1.54) is 5.56 Å². The van der Waals surface area contributed by atoms with Crippen molar-refractivity contribution in [3.8, 4) is 5.75 Å². The monoisotopic (exact) mass is 483 g/mol.